The number of hydrogen-bond donors (Lipinski definition) is 3. The van der Waals surface area contributed by atoms with Crippen LogP contribution in [-0.2, 0) is 22.5 Å². The molecule has 3 atom stereocenters. The number of pyridine rings is 2. The summed E-state index contributed by atoms with van der Waals surface area (Å²) in [5.74, 6) is -1.78. The van der Waals surface area contributed by atoms with Gasteiger partial charge in [-0.05, 0) is 98.0 Å². The number of nitrogens with zero attached hydrogens (tertiary/aromatic N) is 3. The number of carboxylic acids is 1. The van der Waals surface area contributed by atoms with E-state index in [1.807, 2.05) is 0 Å². The molecule has 286 valence electrons. The van der Waals surface area contributed by atoms with E-state index in [2.05, 4.69) is 15.2 Å². The normalized spacial score (nSPS) is 20.4. The lowest BCUT2D eigenvalue weighted by atomic mass is 9.85. The van der Waals surface area contributed by atoms with Crippen LogP contribution in [0.2, 0.25) is 10.0 Å². The summed E-state index contributed by atoms with van der Waals surface area (Å²) in [6, 6.07) is 8.93. The minimum absolute atomic E-state index is 0.0262. The molecular formula is C38H39Cl2F2N4O7S+. The first kappa shape index (κ1) is 38.2. The molecule has 8 rings (SSSR count). The van der Waals surface area contributed by atoms with Crippen LogP contribution in [0.3, 0.4) is 0 Å². The van der Waals surface area contributed by atoms with Gasteiger partial charge in [-0.25, -0.2) is 9.59 Å². The Morgan fingerprint density at radius 2 is 1.81 bits per heavy atom. The molecule has 1 saturated carbocycles. The van der Waals surface area contributed by atoms with E-state index in [4.69, 9.17) is 37.4 Å². The minimum Gasteiger partial charge on any atom is -0.489 e. The molecule has 11 nitrogen and oxygen atoms in total. The number of piperidine rings is 3. The van der Waals surface area contributed by atoms with Gasteiger partial charge in [0.2, 0.25) is 12.4 Å². The lowest BCUT2D eigenvalue weighted by molar-refractivity contribution is -0.904. The zero-order valence-electron chi connectivity index (χ0n) is 29.0. The number of ether oxygens (including phenoxy) is 3. The summed E-state index contributed by atoms with van der Waals surface area (Å²) < 4.78 is 44.3. The molecule has 16 heteroatoms. The van der Waals surface area contributed by atoms with Gasteiger partial charge in [0.25, 0.3) is 0 Å². The van der Waals surface area contributed by atoms with Crippen LogP contribution in [0.4, 0.5) is 8.78 Å². The van der Waals surface area contributed by atoms with Crippen molar-refractivity contribution >= 4 is 46.5 Å². The molecule has 54 heavy (non-hydrogen) atoms. The number of hydrogen-bond acceptors (Lipinski definition) is 10. The number of carbonyl (C=O) groups is 2. The summed E-state index contributed by atoms with van der Waals surface area (Å²) in [7, 11) is 0. The Labute approximate surface area is 324 Å². The Kier molecular flexibility index (Phi) is 11.8. The second-order valence-corrected chi connectivity index (χ2v) is 15.9. The van der Waals surface area contributed by atoms with E-state index in [1.165, 1.54) is 18.5 Å². The van der Waals surface area contributed by atoms with E-state index < -0.39 is 30.5 Å². The Bertz CT molecular complexity index is 1960. The van der Waals surface area contributed by atoms with Gasteiger partial charge >= 0.3 is 18.6 Å². The van der Waals surface area contributed by atoms with E-state index in [9.17, 15) is 28.7 Å². The summed E-state index contributed by atoms with van der Waals surface area (Å²) in [6.45, 7) is 0.0445. The molecule has 1 unspecified atom stereocenters. The third kappa shape index (κ3) is 9.06. The number of aromatic nitrogens is 2. The fraction of sp³-hybridized carbons (Fsp3) is 0.421. The predicted octanol–water partition coefficient (Wildman–Crippen LogP) is 6.91. The van der Waals surface area contributed by atoms with Gasteiger partial charge in [0, 0.05) is 46.6 Å². The SMILES string of the molecule is O=C(O)c1sc(CNC(C(=O)O[C@H]2CN3CCC2CC3)c2cccnc2)cc1[C@@H](Cc1c(Cl)c[n+](O)cc1Cl)c1ccc(OC(F)F)c(OCC2CC2)c1. The number of esters is 1. The number of alkyl halides is 2. The van der Waals surface area contributed by atoms with E-state index in [0.29, 0.717) is 52.1 Å². The highest BCUT2D eigenvalue weighted by molar-refractivity contribution is 7.14. The number of halogens is 4. The zero-order chi connectivity index (χ0) is 37.9. The standard InChI is InChI=1S/C38H38Cl2F2N4O7S/c39-29-17-46(50)18-30(40)28(29)14-26(23-5-6-31(53-38(41)42)32(12-23)51-20-21-3-4-21)27-13-25(54-35(27)36(47)48)16-44-34(24-2-1-9-43-15-24)37(49)52-33-19-45-10-7-22(33)8-11-45/h1-2,5-6,9,12-13,15,17-18,21-22,26,33-34,38,44H,3-4,7-8,10-11,14,16,19-20H2,(H-,47,48,50)/p+1/t26-,33-,34?/m0/s1. The molecule has 0 radical (unpaired) electrons. The fourth-order valence-corrected chi connectivity index (χ4v) is 8.82. The van der Waals surface area contributed by atoms with Crippen LogP contribution in [0.15, 0.2) is 61.2 Å². The first-order valence-corrected chi connectivity index (χ1v) is 19.3. The maximum absolute atomic E-state index is 13.8. The Morgan fingerprint density at radius 3 is 2.44 bits per heavy atom. The number of thiophene rings is 1. The third-order valence-electron chi connectivity index (χ3n) is 10.2. The minimum atomic E-state index is -3.09. The Morgan fingerprint density at radius 1 is 1.06 bits per heavy atom. The monoisotopic (exact) mass is 803 g/mol. The van der Waals surface area contributed by atoms with Gasteiger partial charge in [0.05, 0.1) is 6.61 Å². The molecule has 4 aromatic rings. The number of fused-ring (bicyclic) bond motifs is 3. The van der Waals surface area contributed by atoms with Crippen LogP contribution in [0, 0.1) is 11.8 Å². The van der Waals surface area contributed by atoms with Gasteiger partial charge in [-0.2, -0.15) is 8.78 Å². The molecule has 0 spiro atoms. The van der Waals surface area contributed by atoms with Gasteiger partial charge in [0.1, 0.15) is 27.1 Å². The molecule has 1 aliphatic carbocycles. The fourth-order valence-electron chi connectivity index (χ4n) is 7.21. The molecule has 0 amide bonds. The van der Waals surface area contributed by atoms with Crippen molar-refractivity contribution in [3.05, 3.63) is 103 Å². The molecule has 3 N–H and O–H groups in total. The molecule has 2 bridgehead atoms. The molecule has 6 heterocycles. The van der Waals surface area contributed by atoms with Gasteiger partial charge in [0.15, 0.2) is 11.5 Å². The average Bonchev–Trinajstić information content (AvgIpc) is 3.88. The van der Waals surface area contributed by atoms with E-state index >= 15 is 0 Å². The summed E-state index contributed by atoms with van der Waals surface area (Å²) in [4.78, 5) is 33.8. The van der Waals surface area contributed by atoms with Crippen LogP contribution in [0.25, 0.3) is 0 Å². The maximum atomic E-state index is 13.8. The molecule has 4 fully saturated rings. The molecule has 4 aliphatic rings. The number of carboxylic acid groups (broad SMARTS) is 1. The average molecular weight is 805 g/mol. The van der Waals surface area contributed by atoms with Crippen LogP contribution < -0.4 is 19.5 Å². The van der Waals surface area contributed by atoms with Gasteiger partial charge < -0.3 is 19.3 Å². The maximum Gasteiger partial charge on any atom is 0.387 e. The third-order valence-corrected chi connectivity index (χ3v) is 12.0. The van der Waals surface area contributed by atoms with Crippen LogP contribution in [0.1, 0.15) is 74.4 Å². The predicted molar refractivity (Wildman–Crippen MR) is 195 cm³/mol. The Hall–Kier alpha value is -4.08. The number of rotatable bonds is 16. The van der Waals surface area contributed by atoms with E-state index in [0.717, 1.165) is 54.8 Å². The second-order valence-electron chi connectivity index (χ2n) is 13.9. The van der Waals surface area contributed by atoms with Crippen molar-refractivity contribution in [3.63, 3.8) is 0 Å². The van der Waals surface area contributed by atoms with Crippen molar-refractivity contribution in [3.8, 4) is 11.5 Å². The topological polar surface area (TPSA) is 134 Å². The van der Waals surface area contributed by atoms with Crippen molar-refractivity contribution in [1.29, 1.82) is 0 Å². The lowest BCUT2D eigenvalue weighted by Crippen LogP contribution is -2.52. The van der Waals surface area contributed by atoms with Crippen LogP contribution in [0.5, 0.6) is 11.5 Å². The number of benzene rings is 1. The first-order chi connectivity index (χ1) is 26.0. The van der Waals surface area contributed by atoms with Gasteiger partial charge in [-0.1, -0.05) is 35.3 Å². The number of aromatic carboxylic acids is 1. The Balaban J connectivity index is 1.22. The molecule has 3 aliphatic heterocycles. The van der Waals surface area contributed by atoms with Gasteiger partial charge in [-0.15, -0.1) is 11.3 Å². The van der Waals surface area contributed by atoms with Crippen molar-refractivity contribution in [1.82, 2.24) is 15.2 Å². The largest absolute Gasteiger partial charge is 0.489 e. The highest BCUT2D eigenvalue weighted by atomic mass is 35.5. The summed E-state index contributed by atoms with van der Waals surface area (Å²) >= 11 is 14.2. The smallest absolute Gasteiger partial charge is 0.387 e. The first-order valence-electron chi connectivity index (χ1n) is 17.7. The van der Waals surface area contributed by atoms with E-state index in [-0.39, 0.29) is 45.5 Å². The van der Waals surface area contributed by atoms with Crippen LogP contribution >= 0.6 is 34.5 Å². The zero-order valence-corrected chi connectivity index (χ0v) is 31.3. The second kappa shape index (κ2) is 16.7. The quantitative estimate of drug-likeness (QED) is 0.0624. The van der Waals surface area contributed by atoms with Crippen molar-refractivity contribution in [2.75, 3.05) is 26.2 Å². The molecule has 3 saturated heterocycles. The summed E-state index contributed by atoms with van der Waals surface area (Å²) in [5, 5.41) is 24.1. The van der Waals surface area contributed by atoms with Crippen molar-refractivity contribution in [2.45, 2.75) is 63.3 Å². The van der Waals surface area contributed by atoms with Crippen molar-refractivity contribution < 1.29 is 47.6 Å². The molecule has 3 aromatic heterocycles. The lowest BCUT2D eigenvalue weighted by Gasteiger charge is -2.44. The van der Waals surface area contributed by atoms with E-state index in [1.54, 1.807) is 42.7 Å². The summed E-state index contributed by atoms with van der Waals surface area (Å²) in [5.41, 5.74) is 1.97. The number of nitrogens with one attached hydrogen (secondary N) is 1. The highest BCUT2D eigenvalue weighted by Gasteiger charge is 2.38. The van der Waals surface area contributed by atoms with Crippen LogP contribution in [-0.4, -0.2) is 71.1 Å². The summed E-state index contributed by atoms with van der Waals surface area (Å²) in [6.07, 6.45) is 9.50. The number of carbonyl (C=O) groups excluding carboxylic acids is 1. The molecular weight excluding hydrogens is 765 g/mol. The van der Waals surface area contributed by atoms with Gasteiger partial charge in [-0.3, -0.25) is 20.4 Å². The molecule has 1 aromatic carbocycles. The highest BCUT2D eigenvalue weighted by Crippen LogP contribution is 2.42. The van der Waals surface area contributed by atoms with Crippen molar-refractivity contribution in [2.24, 2.45) is 11.8 Å².